The van der Waals surface area contributed by atoms with E-state index in [1.807, 2.05) is 61.2 Å². The number of thiophene rings is 1. The van der Waals surface area contributed by atoms with Crippen LogP contribution in [0.2, 0.25) is 0 Å². The van der Waals surface area contributed by atoms with Crippen LogP contribution in [0.1, 0.15) is 32.2 Å². The number of benzene rings is 2. The molecule has 0 aliphatic heterocycles. The van der Waals surface area contributed by atoms with Crippen molar-refractivity contribution in [2.75, 3.05) is 13.1 Å². The molecular formula is C26H26N6O2S. The summed E-state index contributed by atoms with van der Waals surface area (Å²) in [6, 6.07) is 19.4. The third-order valence-corrected chi connectivity index (χ3v) is 6.91. The van der Waals surface area contributed by atoms with Gasteiger partial charge in [0.15, 0.2) is 0 Å². The van der Waals surface area contributed by atoms with E-state index < -0.39 is 0 Å². The standard InChI is InChI=1S/C26H26N6O2S/c33-25(27-13-5-15-31-17-29-19-7-1-3-9-21(19)31)23-11-12-24(35-23)26(34)28-14-6-16-32-18-30-20-8-2-4-10-22(20)32/h1-4,7-12,17-18H,5-6,13-16H2,(H,27,33)(H,28,34). The average Bonchev–Trinajstić information content (AvgIpc) is 3.63. The van der Waals surface area contributed by atoms with Gasteiger partial charge in [-0.3, -0.25) is 9.59 Å². The summed E-state index contributed by atoms with van der Waals surface area (Å²) in [6.07, 6.45) is 5.23. The van der Waals surface area contributed by atoms with E-state index in [4.69, 9.17) is 0 Å². The predicted molar refractivity (Wildman–Crippen MR) is 138 cm³/mol. The van der Waals surface area contributed by atoms with Crippen molar-refractivity contribution in [1.82, 2.24) is 29.7 Å². The van der Waals surface area contributed by atoms with E-state index in [0.717, 1.165) is 48.0 Å². The fourth-order valence-corrected chi connectivity index (χ4v) is 4.87. The molecule has 178 valence electrons. The van der Waals surface area contributed by atoms with Gasteiger partial charge in [0.2, 0.25) is 0 Å². The van der Waals surface area contributed by atoms with Crippen LogP contribution in [0.25, 0.3) is 22.1 Å². The van der Waals surface area contributed by atoms with Crippen LogP contribution in [0.15, 0.2) is 73.3 Å². The Morgan fingerprint density at radius 3 is 1.63 bits per heavy atom. The first-order valence-corrected chi connectivity index (χ1v) is 12.5. The third-order valence-electron chi connectivity index (χ3n) is 5.83. The Labute approximate surface area is 206 Å². The Kier molecular flexibility index (Phi) is 6.85. The molecule has 0 saturated heterocycles. The summed E-state index contributed by atoms with van der Waals surface area (Å²) in [5.74, 6) is -0.312. The minimum absolute atomic E-state index is 0.156. The molecule has 35 heavy (non-hydrogen) atoms. The second-order valence-electron chi connectivity index (χ2n) is 8.24. The molecule has 0 aliphatic carbocycles. The second-order valence-corrected chi connectivity index (χ2v) is 9.32. The molecule has 0 spiro atoms. The monoisotopic (exact) mass is 486 g/mol. The molecule has 5 aromatic rings. The molecule has 0 bridgehead atoms. The Morgan fingerprint density at radius 1 is 0.686 bits per heavy atom. The maximum atomic E-state index is 12.5. The second kappa shape index (κ2) is 10.5. The van der Waals surface area contributed by atoms with E-state index in [9.17, 15) is 9.59 Å². The molecule has 0 unspecified atom stereocenters. The van der Waals surface area contributed by atoms with Gasteiger partial charge in [0.25, 0.3) is 11.8 Å². The number of hydrogen-bond donors (Lipinski definition) is 2. The number of nitrogens with zero attached hydrogens (tertiary/aromatic N) is 4. The summed E-state index contributed by atoms with van der Waals surface area (Å²) < 4.78 is 4.18. The first-order chi connectivity index (χ1) is 17.2. The largest absolute Gasteiger partial charge is 0.351 e. The van der Waals surface area contributed by atoms with Crippen molar-refractivity contribution < 1.29 is 9.59 Å². The number of fused-ring (bicyclic) bond motifs is 2. The smallest absolute Gasteiger partial charge is 0.261 e. The van der Waals surface area contributed by atoms with Crippen molar-refractivity contribution in [2.24, 2.45) is 0 Å². The number of amides is 2. The third kappa shape index (κ3) is 5.25. The van der Waals surface area contributed by atoms with E-state index in [-0.39, 0.29) is 11.8 Å². The summed E-state index contributed by atoms with van der Waals surface area (Å²) in [4.78, 5) is 34.8. The molecule has 0 saturated carbocycles. The van der Waals surface area contributed by atoms with E-state index >= 15 is 0 Å². The molecule has 0 radical (unpaired) electrons. The zero-order valence-corrected chi connectivity index (χ0v) is 20.0. The summed E-state index contributed by atoms with van der Waals surface area (Å²) in [6.45, 7) is 2.64. The quantitative estimate of drug-likeness (QED) is 0.291. The van der Waals surface area contributed by atoms with Crippen LogP contribution >= 0.6 is 11.3 Å². The van der Waals surface area contributed by atoms with E-state index in [1.165, 1.54) is 11.3 Å². The van der Waals surface area contributed by atoms with Gasteiger partial charge in [-0.2, -0.15) is 0 Å². The number of aromatic nitrogens is 4. The van der Waals surface area contributed by atoms with Crippen molar-refractivity contribution in [3.8, 4) is 0 Å². The highest BCUT2D eigenvalue weighted by atomic mass is 32.1. The Balaban J connectivity index is 1.04. The van der Waals surface area contributed by atoms with Crippen LogP contribution < -0.4 is 10.6 Å². The summed E-state index contributed by atoms with van der Waals surface area (Å²) in [7, 11) is 0. The molecule has 9 heteroatoms. The summed E-state index contributed by atoms with van der Waals surface area (Å²) in [5, 5.41) is 5.88. The lowest BCUT2D eigenvalue weighted by atomic mass is 10.3. The minimum Gasteiger partial charge on any atom is -0.351 e. The Bertz CT molecular complexity index is 1360. The van der Waals surface area contributed by atoms with Crippen LogP contribution in [0, 0.1) is 0 Å². The van der Waals surface area contributed by atoms with Crippen molar-refractivity contribution in [3.63, 3.8) is 0 Å². The van der Waals surface area contributed by atoms with Gasteiger partial charge in [-0.05, 0) is 49.2 Å². The Morgan fingerprint density at radius 2 is 1.14 bits per heavy atom. The maximum Gasteiger partial charge on any atom is 0.261 e. The van der Waals surface area contributed by atoms with Gasteiger partial charge in [0, 0.05) is 26.2 Å². The lowest BCUT2D eigenvalue weighted by Crippen LogP contribution is -2.25. The highest BCUT2D eigenvalue weighted by molar-refractivity contribution is 7.15. The number of para-hydroxylation sites is 4. The average molecular weight is 487 g/mol. The molecule has 8 nitrogen and oxygen atoms in total. The predicted octanol–water partition coefficient (Wildman–Crippen LogP) is 4.09. The van der Waals surface area contributed by atoms with E-state index in [2.05, 4.69) is 29.7 Å². The number of aryl methyl sites for hydroxylation is 2. The SMILES string of the molecule is O=C(NCCCn1cnc2ccccc21)c1ccc(C(=O)NCCCn2cnc3ccccc32)s1. The molecule has 0 aliphatic rings. The summed E-state index contributed by atoms with van der Waals surface area (Å²) in [5.41, 5.74) is 4.12. The number of carbonyl (C=O) groups is 2. The fraction of sp³-hybridized carbons (Fsp3) is 0.231. The van der Waals surface area contributed by atoms with Gasteiger partial charge in [-0.15, -0.1) is 11.3 Å². The number of carbonyl (C=O) groups excluding carboxylic acids is 2. The van der Waals surface area contributed by atoms with Crippen LogP contribution in [0.4, 0.5) is 0 Å². The van der Waals surface area contributed by atoms with Crippen molar-refractivity contribution in [2.45, 2.75) is 25.9 Å². The number of nitrogens with one attached hydrogen (secondary N) is 2. The lowest BCUT2D eigenvalue weighted by molar-refractivity contribution is 0.0950. The normalized spacial score (nSPS) is 11.2. The topological polar surface area (TPSA) is 93.8 Å². The van der Waals surface area contributed by atoms with Crippen LogP contribution in [0.3, 0.4) is 0 Å². The minimum atomic E-state index is -0.156. The molecule has 0 fully saturated rings. The number of rotatable bonds is 10. The number of imidazole rings is 2. The van der Waals surface area contributed by atoms with Gasteiger partial charge >= 0.3 is 0 Å². The zero-order valence-electron chi connectivity index (χ0n) is 19.2. The van der Waals surface area contributed by atoms with Gasteiger partial charge in [-0.1, -0.05) is 24.3 Å². The molecule has 3 aromatic heterocycles. The van der Waals surface area contributed by atoms with Crippen LogP contribution in [-0.2, 0) is 13.1 Å². The van der Waals surface area contributed by atoms with Crippen molar-refractivity contribution in [1.29, 1.82) is 0 Å². The highest BCUT2D eigenvalue weighted by Gasteiger charge is 2.13. The van der Waals surface area contributed by atoms with Crippen LogP contribution in [0.5, 0.6) is 0 Å². The van der Waals surface area contributed by atoms with Gasteiger partial charge < -0.3 is 19.8 Å². The Hall–Kier alpha value is -3.98. The first kappa shape index (κ1) is 22.8. The maximum absolute atomic E-state index is 12.5. The van der Waals surface area contributed by atoms with Gasteiger partial charge in [-0.25, -0.2) is 9.97 Å². The molecule has 5 rings (SSSR count). The van der Waals surface area contributed by atoms with E-state index in [0.29, 0.717) is 22.8 Å². The first-order valence-electron chi connectivity index (χ1n) is 11.6. The van der Waals surface area contributed by atoms with Crippen molar-refractivity contribution >= 4 is 45.2 Å². The molecular weight excluding hydrogens is 460 g/mol. The lowest BCUT2D eigenvalue weighted by Gasteiger charge is -2.06. The van der Waals surface area contributed by atoms with E-state index in [1.54, 1.807) is 12.1 Å². The fourth-order valence-electron chi connectivity index (χ4n) is 4.04. The molecule has 2 N–H and O–H groups in total. The molecule has 0 atom stereocenters. The molecule has 3 heterocycles. The van der Waals surface area contributed by atoms with Gasteiger partial charge in [0.1, 0.15) is 0 Å². The van der Waals surface area contributed by atoms with Crippen LogP contribution in [-0.4, -0.2) is 44.0 Å². The number of hydrogen-bond acceptors (Lipinski definition) is 5. The zero-order chi connectivity index (χ0) is 24.0. The van der Waals surface area contributed by atoms with Crippen molar-refractivity contribution in [3.05, 3.63) is 83.1 Å². The highest BCUT2D eigenvalue weighted by Crippen LogP contribution is 2.17. The molecule has 2 amide bonds. The van der Waals surface area contributed by atoms with Gasteiger partial charge in [0.05, 0.1) is 44.5 Å². The molecule has 2 aromatic carbocycles. The summed E-state index contributed by atoms with van der Waals surface area (Å²) >= 11 is 1.21.